The Hall–Kier alpha value is -1.55. The van der Waals surface area contributed by atoms with E-state index in [0.717, 1.165) is 0 Å². The van der Waals surface area contributed by atoms with E-state index >= 15 is 0 Å². The first-order valence-electron chi connectivity index (χ1n) is 3.42. The van der Waals surface area contributed by atoms with E-state index in [9.17, 15) is 9.59 Å². The van der Waals surface area contributed by atoms with Crippen molar-refractivity contribution in [2.75, 3.05) is 0 Å². The van der Waals surface area contributed by atoms with Gasteiger partial charge in [-0.15, -0.1) is 0 Å². The molecule has 5 heteroatoms. The molecule has 0 saturated carbocycles. The maximum atomic E-state index is 10.8. The topological polar surface area (TPSA) is 55.4 Å². The Bertz CT molecular complexity index is 312. The first-order valence-corrected chi connectivity index (χ1v) is 3.79. The van der Waals surface area contributed by atoms with Crippen LogP contribution in [0.3, 0.4) is 0 Å². The Kier molecular flexibility index (Phi) is 3.28. The quantitative estimate of drug-likeness (QED) is 0.557. The number of nitrogens with one attached hydrogen (secondary N) is 1. The Morgan fingerprint density at radius 1 is 1.23 bits per heavy atom. The molecule has 0 aliphatic carbocycles. The fourth-order valence-corrected chi connectivity index (χ4v) is 0.778. The summed E-state index contributed by atoms with van der Waals surface area (Å²) in [5.74, 6) is 0.345. The first-order chi connectivity index (χ1) is 6.18. The second kappa shape index (κ2) is 4.47. The minimum Gasteiger partial charge on any atom is -0.410 e. The van der Waals surface area contributed by atoms with E-state index in [1.807, 2.05) is 0 Å². The molecule has 1 aromatic rings. The van der Waals surface area contributed by atoms with Crippen LogP contribution < -0.4 is 10.1 Å². The van der Waals surface area contributed by atoms with E-state index in [4.69, 9.17) is 11.6 Å². The fraction of sp³-hybridized carbons (Fsp3) is 0. The number of hydrogen-bond acceptors (Lipinski definition) is 3. The molecule has 2 amide bonds. The number of carbonyl (C=O) groups excluding carboxylic acids is 2. The molecule has 13 heavy (non-hydrogen) atoms. The summed E-state index contributed by atoms with van der Waals surface area (Å²) in [6.07, 6.45) is -0.897. The molecule has 0 heterocycles. The zero-order chi connectivity index (χ0) is 9.68. The predicted octanol–water partition coefficient (Wildman–Crippen LogP) is 2.13. The highest BCUT2D eigenvalue weighted by atomic mass is 35.5. The van der Waals surface area contributed by atoms with Gasteiger partial charge in [-0.3, -0.25) is 4.79 Å². The van der Waals surface area contributed by atoms with Crippen LogP contribution in [0.15, 0.2) is 30.3 Å². The van der Waals surface area contributed by atoms with E-state index in [2.05, 4.69) is 4.74 Å². The van der Waals surface area contributed by atoms with Crippen molar-refractivity contribution in [2.24, 2.45) is 0 Å². The second-order valence-corrected chi connectivity index (χ2v) is 2.44. The zero-order valence-electron chi connectivity index (χ0n) is 6.49. The summed E-state index contributed by atoms with van der Waals surface area (Å²) in [6.45, 7) is 0. The first kappa shape index (κ1) is 9.54. The second-order valence-electron chi connectivity index (χ2n) is 2.10. The highest BCUT2D eigenvalue weighted by molar-refractivity contribution is 6.64. The van der Waals surface area contributed by atoms with Gasteiger partial charge >= 0.3 is 11.5 Å². The molecular formula is C8H6ClNO3. The van der Waals surface area contributed by atoms with Gasteiger partial charge in [0.25, 0.3) is 0 Å². The molecule has 0 saturated heterocycles. The fourth-order valence-electron chi connectivity index (χ4n) is 0.701. The van der Waals surface area contributed by atoms with Crippen LogP contribution >= 0.6 is 11.6 Å². The number of hydrogen-bond donors (Lipinski definition) is 1. The lowest BCUT2D eigenvalue weighted by Gasteiger charge is -2.01. The smallest absolute Gasteiger partial charge is 0.410 e. The van der Waals surface area contributed by atoms with Crippen molar-refractivity contribution in [3.05, 3.63) is 30.3 Å². The molecule has 4 nitrogen and oxygen atoms in total. The molecule has 0 fully saturated rings. The van der Waals surface area contributed by atoms with Crippen LogP contribution in [0.4, 0.5) is 9.59 Å². The van der Waals surface area contributed by atoms with Gasteiger partial charge in [-0.1, -0.05) is 18.2 Å². The molecule has 1 N–H and O–H groups in total. The molecule has 0 unspecified atom stereocenters. The molecule has 0 spiro atoms. The molecule has 0 aliphatic heterocycles. The van der Waals surface area contributed by atoms with E-state index in [1.165, 1.54) is 0 Å². The Morgan fingerprint density at radius 3 is 2.38 bits per heavy atom. The minimum atomic E-state index is -0.971. The number of carbonyl (C=O) groups is 2. The Labute approximate surface area is 79.5 Å². The van der Waals surface area contributed by atoms with E-state index in [1.54, 1.807) is 35.6 Å². The van der Waals surface area contributed by atoms with Gasteiger partial charge in [0.2, 0.25) is 0 Å². The third kappa shape index (κ3) is 3.57. The summed E-state index contributed by atoms with van der Waals surface area (Å²) in [5, 5.41) is 0.785. The zero-order valence-corrected chi connectivity index (χ0v) is 7.25. The van der Waals surface area contributed by atoms with Gasteiger partial charge in [0.15, 0.2) is 0 Å². The van der Waals surface area contributed by atoms with E-state index < -0.39 is 11.5 Å². The van der Waals surface area contributed by atoms with Crippen molar-refractivity contribution in [2.45, 2.75) is 0 Å². The van der Waals surface area contributed by atoms with Crippen molar-refractivity contribution in [3.63, 3.8) is 0 Å². The van der Waals surface area contributed by atoms with Crippen LogP contribution in [0.1, 0.15) is 0 Å². The summed E-state index contributed by atoms with van der Waals surface area (Å²) in [6, 6.07) is 8.34. The maximum Gasteiger partial charge on any atom is 0.420 e. The number of amides is 2. The van der Waals surface area contributed by atoms with Crippen molar-refractivity contribution >= 4 is 23.1 Å². The standard InChI is InChI=1S/C8H6ClNO3/c9-7(11)10-8(12)13-6-4-2-1-3-5-6/h1-5H,(H,10,11,12). The highest BCUT2D eigenvalue weighted by Gasteiger charge is 2.05. The van der Waals surface area contributed by atoms with Gasteiger partial charge < -0.3 is 4.74 Å². The van der Waals surface area contributed by atoms with Gasteiger partial charge in [-0.25, -0.2) is 10.1 Å². The lowest BCUT2D eigenvalue weighted by atomic mass is 10.3. The monoisotopic (exact) mass is 199 g/mol. The van der Waals surface area contributed by atoms with Crippen molar-refractivity contribution in [1.82, 2.24) is 5.32 Å². The summed E-state index contributed by atoms with van der Waals surface area (Å²) >= 11 is 4.89. The molecule has 1 aromatic carbocycles. The summed E-state index contributed by atoms with van der Waals surface area (Å²) in [4.78, 5) is 21.0. The maximum absolute atomic E-state index is 10.8. The van der Waals surface area contributed by atoms with Crippen LogP contribution in [0.2, 0.25) is 0 Å². The lowest BCUT2D eigenvalue weighted by Crippen LogP contribution is -2.28. The lowest BCUT2D eigenvalue weighted by molar-refractivity contribution is 0.201. The number of benzene rings is 1. The number of para-hydroxylation sites is 1. The molecule has 0 aliphatic rings. The minimum absolute atomic E-state index is 0.345. The van der Waals surface area contributed by atoms with Crippen molar-refractivity contribution in [1.29, 1.82) is 0 Å². The van der Waals surface area contributed by atoms with Crippen LogP contribution in [0, 0.1) is 0 Å². The number of halogens is 1. The van der Waals surface area contributed by atoms with Gasteiger partial charge in [0.05, 0.1) is 0 Å². The largest absolute Gasteiger partial charge is 0.420 e. The average Bonchev–Trinajstić information content (AvgIpc) is 2.04. The van der Waals surface area contributed by atoms with Gasteiger partial charge in [-0.2, -0.15) is 0 Å². The van der Waals surface area contributed by atoms with Crippen molar-refractivity contribution < 1.29 is 14.3 Å². The highest BCUT2D eigenvalue weighted by Crippen LogP contribution is 2.07. The molecular weight excluding hydrogens is 194 g/mol. The van der Waals surface area contributed by atoms with Crippen LogP contribution in [-0.2, 0) is 0 Å². The van der Waals surface area contributed by atoms with Gasteiger partial charge in [0, 0.05) is 0 Å². The number of rotatable bonds is 1. The summed E-state index contributed by atoms with van der Waals surface area (Å²) in [7, 11) is 0. The molecule has 0 bridgehead atoms. The molecule has 0 radical (unpaired) electrons. The van der Waals surface area contributed by atoms with E-state index in [0.29, 0.717) is 5.75 Å². The van der Waals surface area contributed by atoms with Crippen LogP contribution in [0.25, 0.3) is 0 Å². The van der Waals surface area contributed by atoms with Crippen LogP contribution in [0.5, 0.6) is 5.75 Å². The summed E-state index contributed by atoms with van der Waals surface area (Å²) in [5.41, 5.74) is 0. The van der Waals surface area contributed by atoms with Gasteiger partial charge in [-0.05, 0) is 23.7 Å². The summed E-state index contributed by atoms with van der Waals surface area (Å²) < 4.78 is 4.67. The molecule has 1 rings (SSSR count). The molecule has 0 atom stereocenters. The average molecular weight is 200 g/mol. The molecule has 68 valence electrons. The number of ether oxygens (including phenoxy) is 1. The van der Waals surface area contributed by atoms with Crippen LogP contribution in [-0.4, -0.2) is 11.5 Å². The Morgan fingerprint density at radius 2 is 1.85 bits per heavy atom. The molecule has 0 aromatic heterocycles. The van der Waals surface area contributed by atoms with Gasteiger partial charge in [0.1, 0.15) is 5.75 Å². The third-order valence-electron chi connectivity index (χ3n) is 1.15. The SMILES string of the molecule is O=C(Cl)NC(=O)Oc1ccccc1. The van der Waals surface area contributed by atoms with Crippen molar-refractivity contribution in [3.8, 4) is 5.75 Å². The Balaban J connectivity index is 2.50. The normalized spacial score (nSPS) is 9.00. The van der Waals surface area contributed by atoms with E-state index in [-0.39, 0.29) is 0 Å². The number of imide groups is 1. The third-order valence-corrected chi connectivity index (χ3v) is 1.25. The predicted molar refractivity (Wildman–Crippen MR) is 46.9 cm³/mol.